The molecule has 3 aromatic carbocycles. The maximum atomic E-state index is 12.9. The largest absolute Gasteiger partial charge is 0.487 e. The SMILES string of the molecule is CN(C)/C=N\C(=O)C(=Cc1ccc(Cl)cc1)c1ccc(OCc2ccc3ccccc3n2)cc1. The Kier molecular flexibility index (Phi) is 7.35. The molecule has 170 valence electrons. The number of carbonyl (C=O) groups excluding carboxylic acids is 1. The van der Waals surface area contributed by atoms with E-state index in [2.05, 4.69) is 9.98 Å². The Bertz CT molecular complexity index is 1340. The molecule has 0 radical (unpaired) electrons. The highest BCUT2D eigenvalue weighted by molar-refractivity contribution is 6.30. The van der Waals surface area contributed by atoms with Crippen LogP contribution >= 0.6 is 11.6 Å². The van der Waals surface area contributed by atoms with Gasteiger partial charge in [-0.2, -0.15) is 4.99 Å². The Balaban J connectivity index is 1.53. The van der Waals surface area contributed by atoms with Gasteiger partial charge < -0.3 is 9.64 Å². The fourth-order valence-electron chi connectivity index (χ4n) is 3.31. The van der Waals surface area contributed by atoms with Crippen molar-refractivity contribution >= 4 is 46.4 Å². The second kappa shape index (κ2) is 10.8. The number of aliphatic imine (C=N–C) groups is 1. The summed E-state index contributed by atoms with van der Waals surface area (Å²) in [6.07, 6.45) is 3.30. The lowest BCUT2D eigenvalue weighted by molar-refractivity contribution is -0.112. The number of para-hydroxylation sites is 1. The van der Waals surface area contributed by atoms with Crippen molar-refractivity contribution in [3.05, 3.63) is 107 Å². The van der Waals surface area contributed by atoms with E-state index in [1.54, 1.807) is 23.1 Å². The Morgan fingerprint density at radius 2 is 1.71 bits per heavy atom. The standard InChI is InChI=1S/C28H24ClN3O2/c1-32(2)19-30-28(33)26(17-20-7-12-23(29)13-8-20)21-10-15-25(16-11-21)34-18-24-14-9-22-5-3-4-6-27(22)31-24/h3-17,19H,18H2,1-2H3/b26-17?,30-19-. The number of rotatable bonds is 7. The average molecular weight is 470 g/mol. The van der Waals surface area contributed by atoms with E-state index in [1.807, 2.05) is 86.9 Å². The molecular formula is C28H24ClN3O2. The van der Waals surface area contributed by atoms with E-state index < -0.39 is 0 Å². The second-order valence-corrected chi connectivity index (χ2v) is 8.37. The molecule has 0 aliphatic carbocycles. The molecule has 1 heterocycles. The average Bonchev–Trinajstić information content (AvgIpc) is 2.86. The number of aromatic nitrogens is 1. The van der Waals surface area contributed by atoms with Gasteiger partial charge in [0.2, 0.25) is 0 Å². The van der Waals surface area contributed by atoms with Gasteiger partial charge in [-0.1, -0.05) is 60.1 Å². The fourth-order valence-corrected chi connectivity index (χ4v) is 3.43. The third kappa shape index (κ3) is 6.09. The number of benzene rings is 3. The minimum absolute atomic E-state index is 0.335. The van der Waals surface area contributed by atoms with Crippen LogP contribution in [0, 0.1) is 0 Å². The number of ether oxygens (including phenoxy) is 1. The molecule has 6 heteroatoms. The van der Waals surface area contributed by atoms with E-state index in [0.717, 1.165) is 27.7 Å². The first-order valence-electron chi connectivity index (χ1n) is 10.8. The molecule has 0 aliphatic heterocycles. The molecule has 0 aliphatic rings. The number of halogens is 1. The van der Waals surface area contributed by atoms with Gasteiger partial charge in [-0.05, 0) is 53.6 Å². The summed E-state index contributed by atoms with van der Waals surface area (Å²) in [6.45, 7) is 0.351. The first-order chi connectivity index (χ1) is 16.5. The quantitative estimate of drug-likeness (QED) is 0.141. The van der Waals surface area contributed by atoms with Crippen LogP contribution in [0.3, 0.4) is 0 Å². The molecule has 0 spiro atoms. The van der Waals surface area contributed by atoms with E-state index in [-0.39, 0.29) is 5.91 Å². The van der Waals surface area contributed by atoms with Crippen LogP contribution < -0.4 is 4.74 Å². The normalized spacial score (nSPS) is 11.7. The summed E-state index contributed by atoms with van der Waals surface area (Å²) in [7, 11) is 3.63. The molecule has 0 bridgehead atoms. The van der Waals surface area contributed by atoms with E-state index in [1.165, 1.54) is 6.34 Å². The van der Waals surface area contributed by atoms with Crippen molar-refractivity contribution in [3.8, 4) is 5.75 Å². The van der Waals surface area contributed by atoms with Crippen molar-refractivity contribution in [2.45, 2.75) is 6.61 Å². The zero-order valence-corrected chi connectivity index (χ0v) is 19.7. The third-order valence-electron chi connectivity index (χ3n) is 5.03. The van der Waals surface area contributed by atoms with E-state index >= 15 is 0 Å². The first-order valence-corrected chi connectivity index (χ1v) is 11.2. The topological polar surface area (TPSA) is 54.8 Å². The van der Waals surface area contributed by atoms with Gasteiger partial charge in [-0.25, -0.2) is 4.98 Å². The van der Waals surface area contributed by atoms with E-state index in [4.69, 9.17) is 16.3 Å². The predicted octanol–water partition coefficient (Wildman–Crippen LogP) is 6.12. The maximum Gasteiger partial charge on any atom is 0.279 e. The lowest BCUT2D eigenvalue weighted by Crippen LogP contribution is -2.10. The number of hydrogen-bond acceptors (Lipinski definition) is 3. The smallest absolute Gasteiger partial charge is 0.279 e. The highest BCUT2D eigenvalue weighted by atomic mass is 35.5. The van der Waals surface area contributed by atoms with Crippen LogP contribution in [-0.2, 0) is 11.4 Å². The van der Waals surface area contributed by atoms with Crippen molar-refractivity contribution in [2.75, 3.05) is 14.1 Å². The minimum Gasteiger partial charge on any atom is -0.487 e. The van der Waals surface area contributed by atoms with Gasteiger partial charge in [0.05, 0.1) is 17.5 Å². The van der Waals surface area contributed by atoms with Crippen LogP contribution in [0.15, 0.2) is 89.9 Å². The van der Waals surface area contributed by atoms with Crippen LogP contribution in [-0.4, -0.2) is 36.2 Å². The lowest BCUT2D eigenvalue weighted by atomic mass is 10.0. The number of amides is 1. The highest BCUT2D eigenvalue weighted by Crippen LogP contribution is 2.24. The molecule has 4 aromatic rings. The van der Waals surface area contributed by atoms with Gasteiger partial charge in [-0.15, -0.1) is 0 Å². The van der Waals surface area contributed by atoms with Gasteiger partial charge in [0.15, 0.2) is 0 Å². The summed E-state index contributed by atoms with van der Waals surface area (Å²) in [4.78, 5) is 23.3. The predicted molar refractivity (Wildman–Crippen MR) is 139 cm³/mol. The highest BCUT2D eigenvalue weighted by Gasteiger charge is 2.12. The van der Waals surface area contributed by atoms with Gasteiger partial charge in [-0.3, -0.25) is 4.79 Å². The molecule has 0 N–H and O–H groups in total. The molecule has 0 atom stereocenters. The third-order valence-corrected chi connectivity index (χ3v) is 5.28. The Labute approximate surface area is 204 Å². The van der Waals surface area contributed by atoms with Crippen LogP contribution in [0.25, 0.3) is 22.6 Å². The molecule has 1 aromatic heterocycles. The van der Waals surface area contributed by atoms with E-state index in [0.29, 0.717) is 23.0 Å². The summed E-state index contributed by atoms with van der Waals surface area (Å²) < 4.78 is 5.93. The minimum atomic E-state index is -0.335. The summed E-state index contributed by atoms with van der Waals surface area (Å²) >= 11 is 6.00. The summed E-state index contributed by atoms with van der Waals surface area (Å²) in [5.41, 5.74) is 3.86. The molecular weight excluding hydrogens is 446 g/mol. The van der Waals surface area contributed by atoms with Gasteiger partial charge in [0.1, 0.15) is 12.4 Å². The van der Waals surface area contributed by atoms with Crippen LogP contribution in [0.4, 0.5) is 0 Å². The number of pyridine rings is 1. The number of fused-ring (bicyclic) bond motifs is 1. The number of nitrogens with zero attached hydrogens (tertiary/aromatic N) is 3. The Morgan fingerprint density at radius 1 is 0.971 bits per heavy atom. The Morgan fingerprint density at radius 3 is 2.44 bits per heavy atom. The monoisotopic (exact) mass is 469 g/mol. The van der Waals surface area contributed by atoms with Crippen molar-refractivity contribution in [1.82, 2.24) is 9.88 Å². The van der Waals surface area contributed by atoms with Gasteiger partial charge in [0.25, 0.3) is 5.91 Å². The summed E-state index contributed by atoms with van der Waals surface area (Å²) in [5.74, 6) is 0.353. The molecule has 5 nitrogen and oxygen atoms in total. The van der Waals surface area contributed by atoms with Crippen LogP contribution in [0.5, 0.6) is 5.75 Å². The van der Waals surface area contributed by atoms with E-state index in [9.17, 15) is 4.79 Å². The van der Waals surface area contributed by atoms with Crippen molar-refractivity contribution < 1.29 is 9.53 Å². The van der Waals surface area contributed by atoms with Crippen LogP contribution in [0.1, 0.15) is 16.8 Å². The zero-order valence-electron chi connectivity index (χ0n) is 19.0. The summed E-state index contributed by atoms with van der Waals surface area (Å²) in [5, 5.41) is 1.73. The molecule has 0 saturated carbocycles. The Hall–Kier alpha value is -3.96. The zero-order chi connectivity index (χ0) is 23.9. The number of carbonyl (C=O) groups is 1. The molecule has 34 heavy (non-hydrogen) atoms. The lowest BCUT2D eigenvalue weighted by Gasteiger charge is -2.09. The maximum absolute atomic E-state index is 12.9. The van der Waals surface area contributed by atoms with Crippen molar-refractivity contribution in [2.24, 2.45) is 4.99 Å². The van der Waals surface area contributed by atoms with Crippen molar-refractivity contribution in [1.29, 1.82) is 0 Å². The second-order valence-electron chi connectivity index (χ2n) is 7.93. The van der Waals surface area contributed by atoms with Crippen LogP contribution in [0.2, 0.25) is 5.02 Å². The van der Waals surface area contributed by atoms with Gasteiger partial charge >= 0.3 is 0 Å². The first kappa shape index (κ1) is 23.2. The summed E-state index contributed by atoms with van der Waals surface area (Å²) in [6, 6.07) is 26.7. The number of hydrogen-bond donors (Lipinski definition) is 0. The molecule has 0 saturated heterocycles. The molecule has 0 unspecified atom stereocenters. The molecule has 1 amide bonds. The van der Waals surface area contributed by atoms with Gasteiger partial charge in [0, 0.05) is 30.1 Å². The molecule has 4 rings (SSSR count). The molecule has 0 fully saturated rings. The fraction of sp³-hybridized carbons (Fsp3) is 0.107. The van der Waals surface area contributed by atoms with Crippen molar-refractivity contribution in [3.63, 3.8) is 0 Å².